The molecule has 0 amide bonds. The summed E-state index contributed by atoms with van der Waals surface area (Å²) < 4.78 is 2.61. The van der Waals surface area contributed by atoms with Gasteiger partial charge in [0.25, 0.3) is 0 Å². The van der Waals surface area contributed by atoms with Gasteiger partial charge in [-0.05, 0) is 125 Å². The Labute approximate surface area is 369 Å². The van der Waals surface area contributed by atoms with Crippen LogP contribution in [0.3, 0.4) is 0 Å². The molecule has 0 saturated carbocycles. The number of fused-ring (bicyclic) bond motifs is 14. The van der Waals surface area contributed by atoms with E-state index in [0.29, 0.717) is 0 Å². The van der Waals surface area contributed by atoms with Crippen molar-refractivity contribution in [1.82, 2.24) is 0 Å². The average molecular weight is 816 g/mol. The SMILES string of the molecule is c1ccc2c(c1)-c1ccc(N(c3ccc4sc5ccccc5c4c3)c3cccc4ccccc34)cc1C21c2ccccc2-c2cccc3ccc(-c4cccc5ccccc45)c1c23. The topological polar surface area (TPSA) is 3.24 Å². The van der Waals surface area contributed by atoms with Crippen molar-refractivity contribution in [3.63, 3.8) is 0 Å². The number of nitrogens with zero attached hydrogens (tertiary/aromatic N) is 1. The summed E-state index contributed by atoms with van der Waals surface area (Å²) in [5.41, 5.74) is 15.8. The van der Waals surface area contributed by atoms with Gasteiger partial charge in [-0.1, -0.05) is 182 Å². The zero-order chi connectivity index (χ0) is 41.2. The molecule has 0 fully saturated rings. The minimum absolute atomic E-state index is 0.628. The molecule has 292 valence electrons. The van der Waals surface area contributed by atoms with E-state index in [-0.39, 0.29) is 0 Å². The molecule has 2 heteroatoms. The average Bonchev–Trinajstić information content (AvgIpc) is 3.86. The first kappa shape index (κ1) is 34.9. The van der Waals surface area contributed by atoms with Crippen LogP contribution in [-0.4, -0.2) is 0 Å². The minimum Gasteiger partial charge on any atom is -0.310 e. The largest absolute Gasteiger partial charge is 0.310 e. The molecule has 1 aromatic heterocycles. The summed E-state index contributed by atoms with van der Waals surface area (Å²) in [4.78, 5) is 2.51. The van der Waals surface area contributed by atoms with Crippen LogP contribution in [0.2, 0.25) is 0 Å². The number of benzene rings is 11. The number of rotatable bonds is 4. The molecule has 11 aromatic carbocycles. The van der Waals surface area contributed by atoms with E-state index in [4.69, 9.17) is 0 Å². The fourth-order valence-electron chi connectivity index (χ4n) is 11.5. The summed E-state index contributed by atoms with van der Waals surface area (Å²) in [7, 11) is 0. The van der Waals surface area contributed by atoms with Crippen LogP contribution in [-0.2, 0) is 5.41 Å². The Morgan fingerprint density at radius 2 is 0.857 bits per heavy atom. The standard InChI is InChI=1S/C61H37NS/c1-3-19-43-38(14-1)16-11-24-45(43)51-33-30-40-18-12-25-50-47-22-6-9-27-54(47)61(60(51)59(40)50)53-26-8-5-21-46(53)48-34-31-42(37-55(48)61)62(56-28-13-17-39-15-2-4-20-44(39)56)41-32-35-58-52(36-41)49-23-7-10-29-57(49)63-58/h1-37H. The molecule has 1 nitrogen and oxygen atoms in total. The highest BCUT2D eigenvalue weighted by Crippen LogP contribution is 2.64. The molecule has 12 aromatic rings. The second-order valence-electron chi connectivity index (χ2n) is 17.1. The lowest BCUT2D eigenvalue weighted by atomic mass is 9.60. The fourth-order valence-corrected chi connectivity index (χ4v) is 12.6. The van der Waals surface area contributed by atoms with E-state index < -0.39 is 5.41 Å². The van der Waals surface area contributed by atoms with Crippen LogP contribution in [0.1, 0.15) is 22.3 Å². The monoisotopic (exact) mass is 815 g/mol. The van der Waals surface area contributed by atoms with Crippen molar-refractivity contribution in [2.24, 2.45) is 0 Å². The Hall–Kier alpha value is -7.78. The summed E-state index contributed by atoms with van der Waals surface area (Å²) in [6, 6.07) is 84.5. The van der Waals surface area contributed by atoms with E-state index in [1.807, 2.05) is 11.3 Å². The fraction of sp³-hybridized carbons (Fsp3) is 0.0164. The molecule has 2 aliphatic carbocycles. The lowest BCUT2D eigenvalue weighted by Gasteiger charge is -2.42. The lowest BCUT2D eigenvalue weighted by molar-refractivity contribution is 0.775. The summed E-state index contributed by atoms with van der Waals surface area (Å²) in [5, 5.41) is 10.1. The highest BCUT2D eigenvalue weighted by atomic mass is 32.1. The number of thiophene rings is 1. The maximum absolute atomic E-state index is 2.55. The van der Waals surface area contributed by atoms with E-state index in [1.165, 1.54) is 108 Å². The second-order valence-corrected chi connectivity index (χ2v) is 18.2. The molecule has 1 heterocycles. The van der Waals surface area contributed by atoms with E-state index in [9.17, 15) is 0 Å². The highest BCUT2D eigenvalue weighted by molar-refractivity contribution is 7.25. The Kier molecular flexibility index (Phi) is 7.26. The van der Waals surface area contributed by atoms with Crippen molar-refractivity contribution < 1.29 is 0 Å². The van der Waals surface area contributed by atoms with Crippen LogP contribution in [0, 0.1) is 0 Å². The van der Waals surface area contributed by atoms with Gasteiger partial charge < -0.3 is 4.90 Å². The van der Waals surface area contributed by atoms with Gasteiger partial charge in [-0.15, -0.1) is 11.3 Å². The zero-order valence-electron chi connectivity index (χ0n) is 34.2. The molecule has 2 aliphatic rings. The van der Waals surface area contributed by atoms with Gasteiger partial charge in [0, 0.05) is 36.9 Å². The molecule has 1 spiro atoms. The van der Waals surface area contributed by atoms with E-state index in [1.54, 1.807) is 0 Å². The maximum atomic E-state index is 2.55. The van der Waals surface area contributed by atoms with Crippen molar-refractivity contribution in [2.45, 2.75) is 5.41 Å². The molecule has 0 N–H and O–H groups in total. The third-order valence-corrected chi connectivity index (χ3v) is 15.2. The van der Waals surface area contributed by atoms with Crippen LogP contribution in [0.25, 0.3) is 85.9 Å². The Bertz CT molecular complexity index is 3880. The van der Waals surface area contributed by atoms with Crippen LogP contribution < -0.4 is 4.90 Å². The van der Waals surface area contributed by atoms with Crippen molar-refractivity contribution in [2.75, 3.05) is 4.90 Å². The molecule has 14 rings (SSSR count). The normalized spacial score (nSPS) is 14.7. The van der Waals surface area contributed by atoms with Gasteiger partial charge in [-0.25, -0.2) is 0 Å². The highest BCUT2D eigenvalue weighted by Gasteiger charge is 2.51. The number of anilines is 3. The molecule has 1 atom stereocenters. The van der Waals surface area contributed by atoms with E-state index in [0.717, 1.165) is 17.1 Å². The summed E-state index contributed by atoms with van der Waals surface area (Å²) in [6.07, 6.45) is 0. The molecule has 0 radical (unpaired) electrons. The van der Waals surface area contributed by atoms with Gasteiger partial charge in [0.1, 0.15) is 0 Å². The van der Waals surface area contributed by atoms with Gasteiger partial charge in [-0.2, -0.15) is 0 Å². The van der Waals surface area contributed by atoms with Gasteiger partial charge >= 0.3 is 0 Å². The first-order valence-corrected chi connectivity index (χ1v) is 22.7. The zero-order valence-corrected chi connectivity index (χ0v) is 35.0. The van der Waals surface area contributed by atoms with E-state index >= 15 is 0 Å². The van der Waals surface area contributed by atoms with Gasteiger partial charge in [0.2, 0.25) is 0 Å². The third kappa shape index (κ3) is 4.76. The maximum Gasteiger partial charge on any atom is 0.0732 e. The van der Waals surface area contributed by atoms with Crippen molar-refractivity contribution in [3.05, 3.63) is 247 Å². The summed E-state index contributed by atoms with van der Waals surface area (Å²) in [5.74, 6) is 0. The van der Waals surface area contributed by atoms with E-state index in [2.05, 4.69) is 229 Å². The predicted octanol–water partition coefficient (Wildman–Crippen LogP) is 17.0. The first-order valence-electron chi connectivity index (χ1n) is 21.8. The first-order chi connectivity index (χ1) is 31.3. The molecule has 0 aliphatic heterocycles. The second kappa shape index (κ2) is 13.1. The molecule has 1 unspecified atom stereocenters. The minimum atomic E-state index is -0.628. The number of hydrogen-bond acceptors (Lipinski definition) is 2. The van der Waals surface area contributed by atoms with Crippen LogP contribution in [0.15, 0.2) is 224 Å². The van der Waals surface area contributed by atoms with Crippen molar-refractivity contribution in [1.29, 1.82) is 0 Å². The van der Waals surface area contributed by atoms with Crippen LogP contribution in [0.5, 0.6) is 0 Å². The molecule has 0 bridgehead atoms. The molecule has 0 saturated heterocycles. The lowest BCUT2D eigenvalue weighted by Crippen LogP contribution is -2.32. The molecule has 63 heavy (non-hydrogen) atoms. The molecular formula is C61H37NS. The Balaban J connectivity index is 1.12. The van der Waals surface area contributed by atoms with Gasteiger partial charge in [0.15, 0.2) is 0 Å². The molecular weight excluding hydrogens is 779 g/mol. The summed E-state index contributed by atoms with van der Waals surface area (Å²) >= 11 is 1.87. The van der Waals surface area contributed by atoms with Gasteiger partial charge in [0.05, 0.1) is 11.1 Å². The Morgan fingerprint density at radius 1 is 0.317 bits per heavy atom. The van der Waals surface area contributed by atoms with Gasteiger partial charge in [-0.3, -0.25) is 0 Å². The Morgan fingerprint density at radius 3 is 1.68 bits per heavy atom. The predicted molar refractivity (Wildman–Crippen MR) is 268 cm³/mol. The third-order valence-electron chi connectivity index (χ3n) is 14.0. The van der Waals surface area contributed by atoms with Crippen LogP contribution >= 0.6 is 11.3 Å². The summed E-state index contributed by atoms with van der Waals surface area (Å²) in [6.45, 7) is 0. The van der Waals surface area contributed by atoms with Crippen LogP contribution in [0.4, 0.5) is 17.1 Å². The smallest absolute Gasteiger partial charge is 0.0732 e. The van der Waals surface area contributed by atoms with Crippen molar-refractivity contribution >= 4 is 80.9 Å². The number of hydrogen-bond donors (Lipinski definition) is 0. The quantitative estimate of drug-likeness (QED) is 0.171. The van der Waals surface area contributed by atoms with Crippen molar-refractivity contribution in [3.8, 4) is 33.4 Å².